The molecule has 0 aliphatic rings. The summed E-state index contributed by atoms with van der Waals surface area (Å²) >= 11 is 0. The first-order valence-electron chi connectivity index (χ1n) is 7.82. The number of methoxy groups -OCH3 is 4. The zero-order valence-corrected chi connectivity index (χ0v) is 15.2. The Morgan fingerprint density at radius 1 is 0.889 bits per heavy atom. The van der Waals surface area contributed by atoms with Gasteiger partial charge in [0.25, 0.3) is 0 Å². The third-order valence-corrected chi connectivity index (χ3v) is 4.11. The van der Waals surface area contributed by atoms with Crippen LogP contribution in [0.1, 0.15) is 0 Å². The van der Waals surface area contributed by atoms with Gasteiger partial charge in [0.15, 0.2) is 17.3 Å². The first kappa shape index (κ1) is 18.2. The smallest absolute Gasteiger partial charge is 0.239 e. The SMILES string of the molecule is COc1cc(O)c2c(=O)c(OC)c(-c3ccc(OC)c(OC)c3O)oc2c1. The average molecular weight is 374 g/mol. The molecule has 0 spiro atoms. The summed E-state index contributed by atoms with van der Waals surface area (Å²) in [5.74, 6) is -0.111. The first-order valence-corrected chi connectivity index (χ1v) is 7.82. The van der Waals surface area contributed by atoms with Crippen LogP contribution in [0.15, 0.2) is 33.5 Å². The number of hydrogen-bond acceptors (Lipinski definition) is 8. The van der Waals surface area contributed by atoms with E-state index in [1.165, 1.54) is 46.6 Å². The second kappa shape index (κ2) is 6.99. The normalized spacial score (nSPS) is 10.7. The summed E-state index contributed by atoms with van der Waals surface area (Å²) < 4.78 is 26.4. The van der Waals surface area contributed by atoms with Gasteiger partial charge in [0.2, 0.25) is 16.9 Å². The van der Waals surface area contributed by atoms with Crippen LogP contribution in [0.2, 0.25) is 0 Å². The van der Waals surface area contributed by atoms with E-state index in [0.29, 0.717) is 11.5 Å². The standard InChI is InChI=1S/C19H18O8/c1-23-9-7-11(20)14-13(8-9)27-17(19(26-4)16(14)22)10-5-6-12(24-2)18(25-3)15(10)21/h5-8,20-21H,1-4H3. The minimum absolute atomic E-state index is 0.0268. The summed E-state index contributed by atoms with van der Waals surface area (Å²) in [7, 11) is 5.52. The zero-order chi connectivity index (χ0) is 19.7. The predicted octanol–water partition coefficient (Wildman–Crippen LogP) is 2.91. The second-order valence-corrected chi connectivity index (χ2v) is 5.51. The summed E-state index contributed by atoms with van der Waals surface area (Å²) in [5, 5.41) is 20.7. The molecule has 0 fully saturated rings. The van der Waals surface area contributed by atoms with Crippen LogP contribution in [0.5, 0.6) is 34.5 Å². The van der Waals surface area contributed by atoms with Crippen molar-refractivity contribution in [2.24, 2.45) is 0 Å². The molecule has 0 unspecified atom stereocenters. The van der Waals surface area contributed by atoms with Gasteiger partial charge in [-0.05, 0) is 12.1 Å². The fraction of sp³-hybridized carbons (Fsp3) is 0.211. The number of ether oxygens (including phenoxy) is 4. The van der Waals surface area contributed by atoms with Gasteiger partial charge >= 0.3 is 0 Å². The molecule has 2 N–H and O–H groups in total. The molecule has 0 amide bonds. The van der Waals surface area contributed by atoms with Gasteiger partial charge in [0.05, 0.1) is 34.0 Å². The van der Waals surface area contributed by atoms with E-state index in [1.807, 2.05) is 0 Å². The lowest BCUT2D eigenvalue weighted by molar-refractivity contribution is 0.333. The Hall–Kier alpha value is -3.55. The summed E-state index contributed by atoms with van der Waals surface area (Å²) in [6, 6.07) is 5.81. The largest absolute Gasteiger partial charge is 0.507 e. The number of phenols is 2. The predicted molar refractivity (Wildman–Crippen MR) is 97.5 cm³/mol. The van der Waals surface area contributed by atoms with Crippen LogP contribution < -0.4 is 24.4 Å². The Morgan fingerprint density at radius 2 is 1.59 bits per heavy atom. The minimum atomic E-state index is -0.594. The van der Waals surface area contributed by atoms with Crippen LogP contribution >= 0.6 is 0 Å². The molecule has 0 saturated carbocycles. The van der Waals surface area contributed by atoms with E-state index in [1.54, 1.807) is 6.07 Å². The van der Waals surface area contributed by atoms with Gasteiger partial charge in [0, 0.05) is 12.1 Å². The van der Waals surface area contributed by atoms with Crippen molar-refractivity contribution in [2.45, 2.75) is 0 Å². The van der Waals surface area contributed by atoms with Crippen LogP contribution in [-0.4, -0.2) is 38.7 Å². The molecule has 1 aromatic heterocycles. The van der Waals surface area contributed by atoms with Crippen LogP contribution in [0.4, 0.5) is 0 Å². The van der Waals surface area contributed by atoms with Crippen LogP contribution in [0.3, 0.4) is 0 Å². The Labute approximate surface area is 154 Å². The number of phenolic OH excluding ortho intramolecular Hbond substituents is 2. The molecule has 3 rings (SSSR count). The Morgan fingerprint density at radius 3 is 2.19 bits per heavy atom. The van der Waals surface area contributed by atoms with Gasteiger partial charge in [-0.2, -0.15) is 0 Å². The van der Waals surface area contributed by atoms with Crippen molar-refractivity contribution in [1.29, 1.82) is 0 Å². The molecule has 0 atom stereocenters. The Bertz CT molecular complexity index is 1070. The molecule has 3 aromatic rings. The fourth-order valence-electron chi connectivity index (χ4n) is 2.83. The lowest BCUT2D eigenvalue weighted by atomic mass is 10.1. The van der Waals surface area contributed by atoms with Crippen molar-refractivity contribution in [2.75, 3.05) is 28.4 Å². The lowest BCUT2D eigenvalue weighted by Gasteiger charge is -2.15. The highest BCUT2D eigenvalue weighted by molar-refractivity contribution is 5.89. The molecule has 2 aromatic carbocycles. The first-order chi connectivity index (χ1) is 13.0. The second-order valence-electron chi connectivity index (χ2n) is 5.51. The summed E-state index contributed by atoms with van der Waals surface area (Å²) in [6.45, 7) is 0. The van der Waals surface area contributed by atoms with E-state index >= 15 is 0 Å². The van der Waals surface area contributed by atoms with Gasteiger partial charge in [-0.3, -0.25) is 4.79 Å². The van der Waals surface area contributed by atoms with Crippen molar-refractivity contribution in [3.8, 4) is 45.8 Å². The maximum absolute atomic E-state index is 12.8. The molecule has 8 heteroatoms. The van der Waals surface area contributed by atoms with Crippen molar-refractivity contribution in [3.63, 3.8) is 0 Å². The third kappa shape index (κ3) is 2.84. The van der Waals surface area contributed by atoms with E-state index in [-0.39, 0.29) is 45.3 Å². The molecule has 142 valence electrons. The number of benzene rings is 2. The molecule has 8 nitrogen and oxygen atoms in total. The lowest BCUT2D eigenvalue weighted by Crippen LogP contribution is -2.08. The van der Waals surface area contributed by atoms with E-state index < -0.39 is 5.43 Å². The highest BCUT2D eigenvalue weighted by atomic mass is 16.5. The molecule has 27 heavy (non-hydrogen) atoms. The van der Waals surface area contributed by atoms with Gasteiger partial charge in [-0.15, -0.1) is 0 Å². The van der Waals surface area contributed by atoms with Crippen LogP contribution in [0, 0.1) is 0 Å². The van der Waals surface area contributed by atoms with Gasteiger partial charge in [0.1, 0.15) is 22.5 Å². The molecule has 1 heterocycles. The Kier molecular flexibility index (Phi) is 4.72. The highest BCUT2D eigenvalue weighted by Crippen LogP contribution is 2.46. The average Bonchev–Trinajstić information content (AvgIpc) is 2.66. The monoisotopic (exact) mass is 374 g/mol. The van der Waals surface area contributed by atoms with Gasteiger partial charge < -0.3 is 33.6 Å². The molecule has 0 aliphatic heterocycles. The van der Waals surface area contributed by atoms with E-state index in [4.69, 9.17) is 23.4 Å². The molecule has 0 bridgehead atoms. The quantitative estimate of drug-likeness (QED) is 0.702. The number of rotatable bonds is 5. The van der Waals surface area contributed by atoms with Crippen molar-refractivity contribution >= 4 is 11.0 Å². The minimum Gasteiger partial charge on any atom is -0.507 e. The van der Waals surface area contributed by atoms with Gasteiger partial charge in [-0.1, -0.05) is 0 Å². The van der Waals surface area contributed by atoms with Crippen molar-refractivity contribution in [3.05, 3.63) is 34.5 Å². The van der Waals surface area contributed by atoms with Crippen molar-refractivity contribution < 1.29 is 33.6 Å². The molecule has 0 aliphatic carbocycles. The molecule has 0 radical (unpaired) electrons. The van der Waals surface area contributed by atoms with E-state index in [2.05, 4.69) is 0 Å². The zero-order valence-electron chi connectivity index (χ0n) is 15.2. The summed E-state index contributed by atoms with van der Waals surface area (Å²) in [6.07, 6.45) is 0. The van der Waals surface area contributed by atoms with E-state index in [0.717, 1.165) is 0 Å². The molecular weight excluding hydrogens is 356 g/mol. The summed E-state index contributed by atoms with van der Waals surface area (Å²) in [4.78, 5) is 12.8. The van der Waals surface area contributed by atoms with Gasteiger partial charge in [-0.25, -0.2) is 0 Å². The molecular formula is C19H18O8. The number of aromatic hydroxyl groups is 2. The van der Waals surface area contributed by atoms with Crippen LogP contribution in [-0.2, 0) is 0 Å². The number of fused-ring (bicyclic) bond motifs is 1. The van der Waals surface area contributed by atoms with Crippen molar-refractivity contribution in [1.82, 2.24) is 0 Å². The highest BCUT2D eigenvalue weighted by Gasteiger charge is 2.24. The Balaban J connectivity index is 2.40. The number of hydrogen-bond donors (Lipinski definition) is 2. The summed E-state index contributed by atoms with van der Waals surface area (Å²) in [5.41, 5.74) is -0.365. The third-order valence-electron chi connectivity index (χ3n) is 4.11. The van der Waals surface area contributed by atoms with Crippen LogP contribution in [0.25, 0.3) is 22.3 Å². The fourth-order valence-corrected chi connectivity index (χ4v) is 2.83. The molecule has 0 saturated heterocycles. The maximum Gasteiger partial charge on any atom is 0.239 e. The maximum atomic E-state index is 12.8. The topological polar surface area (TPSA) is 108 Å². The van der Waals surface area contributed by atoms with E-state index in [9.17, 15) is 15.0 Å².